The first-order valence-electron chi connectivity index (χ1n) is 9.40. The van der Waals surface area contributed by atoms with Gasteiger partial charge in [-0.15, -0.1) is 0 Å². The number of rotatable bonds is 4. The van der Waals surface area contributed by atoms with Crippen LogP contribution in [0.2, 0.25) is 0 Å². The van der Waals surface area contributed by atoms with Gasteiger partial charge in [0, 0.05) is 49.9 Å². The maximum atomic E-state index is 5.95. The molecule has 5 nitrogen and oxygen atoms in total. The Kier molecular flexibility index (Phi) is 4.66. The molecule has 4 rings (SSSR count). The van der Waals surface area contributed by atoms with E-state index in [1.807, 2.05) is 0 Å². The second-order valence-electron chi connectivity index (χ2n) is 7.27. The van der Waals surface area contributed by atoms with E-state index in [1.54, 1.807) is 0 Å². The van der Waals surface area contributed by atoms with E-state index in [0.717, 1.165) is 39.1 Å². The standard InChI is InChI=1S/C19H29N3O2/c20-14-15-5-6-17(13-18(15)21-16-3-1-2-4-16)22-9-7-19(8-10-22)23-11-12-24-19/h5-6,13,16,21H,1-4,7-12,14,20H2. The molecule has 0 atom stereocenters. The SMILES string of the molecule is NCc1ccc(N2CCC3(CC2)OCCO3)cc1NC1CCCC1. The van der Waals surface area contributed by atoms with Crippen molar-refractivity contribution in [1.29, 1.82) is 0 Å². The molecular weight excluding hydrogens is 302 g/mol. The summed E-state index contributed by atoms with van der Waals surface area (Å²) in [6.45, 7) is 4.01. The van der Waals surface area contributed by atoms with Crippen LogP contribution in [0.5, 0.6) is 0 Å². The zero-order valence-corrected chi connectivity index (χ0v) is 14.4. The van der Waals surface area contributed by atoms with Crippen molar-refractivity contribution in [2.45, 2.75) is 56.9 Å². The van der Waals surface area contributed by atoms with Crippen LogP contribution in [-0.2, 0) is 16.0 Å². The monoisotopic (exact) mass is 331 g/mol. The van der Waals surface area contributed by atoms with Crippen molar-refractivity contribution >= 4 is 11.4 Å². The second kappa shape index (κ2) is 6.90. The molecule has 5 heteroatoms. The summed E-state index contributed by atoms with van der Waals surface area (Å²) in [6.07, 6.45) is 7.10. The molecule has 2 heterocycles. The molecule has 2 aliphatic heterocycles. The molecule has 3 N–H and O–H groups in total. The number of benzene rings is 1. The van der Waals surface area contributed by atoms with Crippen LogP contribution < -0.4 is 16.0 Å². The molecule has 1 spiro atoms. The lowest BCUT2D eigenvalue weighted by atomic mass is 10.0. The molecule has 1 saturated carbocycles. The molecule has 1 aliphatic carbocycles. The van der Waals surface area contributed by atoms with E-state index in [-0.39, 0.29) is 5.79 Å². The Morgan fingerprint density at radius 3 is 2.50 bits per heavy atom. The predicted molar refractivity (Wildman–Crippen MR) is 96.3 cm³/mol. The van der Waals surface area contributed by atoms with Crippen LogP contribution in [0.25, 0.3) is 0 Å². The lowest BCUT2D eigenvalue weighted by Crippen LogP contribution is -2.45. The van der Waals surface area contributed by atoms with Crippen LogP contribution >= 0.6 is 0 Å². The molecule has 2 saturated heterocycles. The average molecular weight is 331 g/mol. The van der Waals surface area contributed by atoms with Gasteiger partial charge in [-0.1, -0.05) is 18.9 Å². The van der Waals surface area contributed by atoms with Gasteiger partial charge in [0.1, 0.15) is 0 Å². The van der Waals surface area contributed by atoms with Gasteiger partial charge < -0.3 is 25.4 Å². The summed E-state index contributed by atoms with van der Waals surface area (Å²) in [5, 5.41) is 3.73. The number of hydrogen-bond acceptors (Lipinski definition) is 5. The highest BCUT2D eigenvalue weighted by Gasteiger charge is 2.39. The smallest absolute Gasteiger partial charge is 0.171 e. The van der Waals surface area contributed by atoms with Crippen LogP contribution in [0.3, 0.4) is 0 Å². The Hall–Kier alpha value is -1.30. The molecule has 0 aromatic heterocycles. The Morgan fingerprint density at radius 1 is 1.12 bits per heavy atom. The fourth-order valence-electron chi connectivity index (χ4n) is 4.25. The normalized spacial score (nSPS) is 24.0. The van der Waals surface area contributed by atoms with Crippen LogP contribution in [0.4, 0.5) is 11.4 Å². The second-order valence-corrected chi connectivity index (χ2v) is 7.27. The van der Waals surface area contributed by atoms with Crippen molar-refractivity contribution in [3.8, 4) is 0 Å². The summed E-state index contributed by atoms with van der Waals surface area (Å²) in [5.41, 5.74) is 9.65. The number of anilines is 2. The molecule has 3 aliphatic rings. The minimum Gasteiger partial charge on any atom is -0.382 e. The fourth-order valence-corrected chi connectivity index (χ4v) is 4.25. The van der Waals surface area contributed by atoms with Crippen molar-refractivity contribution in [2.24, 2.45) is 5.73 Å². The first-order chi connectivity index (χ1) is 11.8. The topological polar surface area (TPSA) is 59.8 Å². The number of hydrogen-bond donors (Lipinski definition) is 2. The van der Waals surface area contributed by atoms with E-state index in [4.69, 9.17) is 15.2 Å². The van der Waals surface area contributed by atoms with Gasteiger partial charge in [-0.25, -0.2) is 0 Å². The number of nitrogens with two attached hydrogens (primary N) is 1. The zero-order chi connectivity index (χ0) is 16.4. The minimum absolute atomic E-state index is 0.307. The van der Waals surface area contributed by atoms with E-state index in [2.05, 4.69) is 28.4 Å². The molecule has 24 heavy (non-hydrogen) atoms. The lowest BCUT2D eigenvalue weighted by molar-refractivity contribution is -0.169. The first kappa shape index (κ1) is 16.2. The van der Waals surface area contributed by atoms with Gasteiger partial charge in [0.15, 0.2) is 5.79 Å². The van der Waals surface area contributed by atoms with Crippen LogP contribution in [-0.4, -0.2) is 38.1 Å². The first-order valence-corrected chi connectivity index (χ1v) is 9.40. The predicted octanol–water partition coefficient (Wildman–Crippen LogP) is 2.84. The molecule has 132 valence electrons. The highest BCUT2D eigenvalue weighted by atomic mass is 16.7. The van der Waals surface area contributed by atoms with Gasteiger partial charge >= 0.3 is 0 Å². The van der Waals surface area contributed by atoms with Gasteiger partial charge in [0.25, 0.3) is 0 Å². The largest absolute Gasteiger partial charge is 0.382 e. The summed E-state index contributed by atoms with van der Waals surface area (Å²) in [4.78, 5) is 2.44. The quantitative estimate of drug-likeness (QED) is 0.888. The third-order valence-electron chi connectivity index (χ3n) is 5.73. The van der Waals surface area contributed by atoms with Crippen molar-refractivity contribution in [2.75, 3.05) is 36.5 Å². The lowest BCUT2D eigenvalue weighted by Gasteiger charge is -2.39. The molecule has 1 aromatic carbocycles. The molecule has 3 fully saturated rings. The molecular formula is C19H29N3O2. The van der Waals surface area contributed by atoms with Crippen molar-refractivity contribution in [3.63, 3.8) is 0 Å². The summed E-state index contributed by atoms with van der Waals surface area (Å²) < 4.78 is 11.7. The number of ether oxygens (including phenoxy) is 2. The number of nitrogens with zero attached hydrogens (tertiary/aromatic N) is 1. The Bertz CT molecular complexity index is 556. The van der Waals surface area contributed by atoms with Crippen molar-refractivity contribution < 1.29 is 9.47 Å². The van der Waals surface area contributed by atoms with Gasteiger partial charge in [-0.3, -0.25) is 0 Å². The van der Waals surface area contributed by atoms with Crippen LogP contribution in [0.15, 0.2) is 18.2 Å². The van der Waals surface area contributed by atoms with Crippen molar-refractivity contribution in [3.05, 3.63) is 23.8 Å². The Balaban J connectivity index is 1.46. The summed E-state index contributed by atoms with van der Waals surface area (Å²) in [6, 6.07) is 7.28. The molecule has 0 amide bonds. The van der Waals surface area contributed by atoms with Crippen molar-refractivity contribution in [1.82, 2.24) is 0 Å². The van der Waals surface area contributed by atoms with Crippen LogP contribution in [0.1, 0.15) is 44.1 Å². The average Bonchev–Trinajstić information content (AvgIpc) is 3.28. The van der Waals surface area contributed by atoms with Gasteiger partial charge in [0.05, 0.1) is 13.2 Å². The molecule has 1 aromatic rings. The zero-order valence-electron chi connectivity index (χ0n) is 14.4. The van der Waals surface area contributed by atoms with E-state index in [9.17, 15) is 0 Å². The van der Waals surface area contributed by atoms with E-state index in [0.29, 0.717) is 12.6 Å². The van der Waals surface area contributed by atoms with Gasteiger partial charge in [0.2, 0.25) is 0 Å². The third-order valence-corrected chi connectivity index (χ3v) is 5.73. The molecule has 0 radical (unpaired) electrons. The fraction of sp³-hybridized carbons (Fsp3) is 0.684. The summed E-state index contributed by atoms with van der Waals surface area (Å²) in [5.74, 6) is -0.307. The number of nitrogens with one attached hydrogen (secondary N) is 1. The van der Waals surface area contributed by atoms with Crippen LogP contribution in [0, 0.1) is 0 Å². The molecule has 0 bridgehead atoms. The maximum Gasteiger partial charge on any atom is 0.171 e. The summed E-state index contributed by atoms with van der Waals surface area (Å²) in [7, 11) is 0. The van der Waals surface area contributed by atoms with Gasteiger partial charge in [-0.2, -0.15) is 0 Å². The molecule has 0 unspecified atom stereocenters. The van der Waals surface area contributed by atoms with Gasteiger partial charge in [-0.05, 0) is 30.5 Å². The summed E-state index contributed by atoms with van der Waals surface area (Å²) >= 11 is 0. The van der Waals surface area contributed by atoms with E-state index >= 15 is 0 Å². The maximum absolute atomic E-state index is 5.95. The van der Waals surface area contributed by atoms with E-state index < -0.39 is 0 Å². The Labute approximate surface area is 144 Å². The Morgan fingerprint density at radius 2 is 1.83 bits per heavy atom. The number of piperidine rings is 1. The van der Waals surface area contributed by atoms with E-state index in [1.165, 1.54) is 42.6 Å². The minimum atomic E-state index is -0.307. The third kappa shape index (κ3) is 3.25. The highest BCUT2D eigenvalue weighted by molar-refractivity contribution is 5.63. The highest BCUT2D eigenvalue weighted by Crippen LogP contribution is 2.35.